The van der Waals surface area contributed by atoms with Crippen LogP contribution in [0, 0.1) is 5.92 Å². The zero-order chi connectivity index (χ0) is 20.4. The van der Waals surface area contributed by atoms with Crippen molar-refractivity contribution in [2.45, 2.75) is 45.6 Å². The van der Waals surface area contributed by atoms with Crippen molar-refractivity contribution in [1.82, 2.24) is 14.6 Å². The van der Waals surface area contributed by atoms with Crippen molar-refractivity contribution in [3.63, 3.8) is 0 Å². The van der Waals surface area contributed by atoms with Gasteiger partial charge in [-0.3, -0.25) is 9.78 Å². The summed E-state index contributed by atoms with van der Waals surface area (Å²) in [5, 5.41) is 14.2. The van der Waals surface area contributed by atoms with E-state index in [4.69, 9.17) is 9.84 Å². The fourth-order valence-corrected chi connectivity index (χ4v) is 3.99. The number of hydrogen-bond donors (Lipinski definition) is 1. The van der Waals surface area contributed by atoms with E-state index in [1.165, 1.54) is 12.8 Å². The molecule has 0 aromatic carbocycles. The smallest absolute Gasteiger partial charge is 0.303 e. The lowest BCUT2D eigenvalue weighted by atomic mass is 9.96. The van der Waals surface area contributed by atoms with Crippen LogP contribution < -0.4 is 0 Å². The van der Waals surface area contributed by atoms with Crippen LogP contribution in [0.3, 0.4) is 0 Å². The van der Waals surface area contributed by atoms with Crippen molar-refractivity contribution in [3.05, 3.63) is 52.0 Å². The molecule has 152 valence electrons. The molecule has 0 atom stereocenters. The molecular formula is C22H24BrN3O3. The number of carboxylic acids is 1. The second-order valence-electron chi connectivity index (χ2n) is 7.52. The van der Waals surface area contributed by atoms with Gasteiger partial charge < -0.3 is 9.84 Å². The summed E-state index contributed by atoms with van der Waals surface area (Å²) < 4.78 is 8.80. The van der Waals surface area contributed by atoms with Crippen LogP contribution in [-0.4, -0.2) is 32.3 Å². The standard InChI is InChI=1S/C22H24BrN3O3/c1-2-17-5-7-20-22(15-9-16(23)11-24-10-15)18(6-8-21(27)28)19(25-26(17)20)13-29-12-14-3-4-14/h5,7,9-11,14H,2-4,6,8,12-13H2,1H3,(H,27,28). The molecule has 3 heterocycles. The number of aryl methyl sites for hydroxylation is 1. The lowest BCUT2D eigenvalue weighted by Gasteiger charge is -2.17. The van der Waals surface area contributed by atoms with E-state index < -0.39 is 5.97 Å². The normalized spacial score (nSPS) is 13.9. The van der Waals surface area contributed by atoms with Crippen molar-refractivity contribution >= 4 is 27.4 Å². The molecule has 7 heteroatoms. The van der Waals surface area contributed by atoms with E-state index in [-0.39, 0.29) is 6.42 Å². The highest BCUT2D eigenvalue weighted by atomic mass is 79.9. The highest BCUT2D eigenvalue weighted by Gasteiger charge is 2.23. The first-order chi connectivity index (χ1) is 14.1. The summed E-state index contributed by atoms with van der Waals surface area (Å²) in [4.78, 5) is 15.7. The zero-order valence-corrected chi connectivity index (χ0v) is 18.0. The average Bonchev–Trinajstić information content (AvgIpc) is 3.43. The number of fused-ring (bicyclic) bond motifs is 1. The average molecular weight is 458 g/mol. The van der Waals surface area contributed by atoms with E-state index in [1.54, 1.807) is 6.20 Å². The van der Waals surface area contributed by atoms with Gasteiger partial charge in [-0.15, -0.1) is 0 Å². The van der Waals surface area contributed by atoms with E-state index in [1.807, 2.05) is 16.8 Å². The Bertz CT molecular complexity index is 1040. The SMILES string of the molecule is CCc1ccc2c(-c3cncc(Br)c3)c(CCC(=O)O)c(COCC3CC3)nn12. The number of ether oxygens (including phenoxy) is 1. The molecule has 1 aliphatic rings. The summed E-state index contributed by atoms with van der Waals surface area (Å²) in [6.45, 7) is 3.22. The van der Waals surface area contributed by atoms with Crippen molar-refractivity contribution in [3.8, 4) is 11.1 Å². The van der Waals surface area contributed by atoms with Gasteiger partial charge in [0, 0.05) is 46.7 Å². The predicted octanol–water partition coefficient (Wildman–Crippen LogP) is 4.67. The number of pyridine rings is 1. The molecule has 0 aliphatic heterocycles. The second-order valence-corrected chi connectivity index (χ2v) is 8.44. The van der Waals surface area contributed by atoms with Gasteiger partial charge in [-0.1, -0.05) is 6.92 Å². The van der Waals surface area contributed by atoms with Gasteiger partial charge in [0.2, 0.25) is 0 Å². The minimum atomic E-state index is -0.822. The fourth-order valence-electron chi connectivity index (χ4n) is 3.62. The van der Waals surface area contributed by atoms with Crippen molar-refractivity contribution in [2.24, 2.45) is 5.92 Å². The summed E-state index contributed by atoms with van der Waals surface area (Å²) in [6.07, 6.45) is 7.31. The van der Waals surface area contributed by atoms with E-state index in [0.717, 1.165) is 51.1 Å². The number of halogens is 1. The summed E-state index contributed by atoms with van der Waals surface area (Å²) in [5.41, 5.74) is 5.73. The second kappa shape index (κ2) is 8.63. The van der Waals surface area contributed by atoms with Crippen LogP contribution in [0.4, 0.5) is 0 Å². The van der Waals surface area contributed by atoms with Crippen LogP contribution in [0.15, 0.2) is 35.1 Å². The summed E-state index contributed by atoms with van der Waals surface area (Å²) in [6, 6.07) is 6.15. The lowest BCUT2D eigenvalue weighted by molar-refractivity contribution is -0.136. The Morgan fingerprint density at radius 2 is 2.17 bits per heavy atom. The molecule has 1 N–H and O–H groups in total. The Kier molecular flexibility index (Phi) is 5.96. The molecule has 0 saturated heterocycles. The minimum Gasteiger partial charge on any atom is -0.481 e. The molecule has 0 amide bonds. The van der Waals surface area contributed by atoms with E-state index in [9.17, 15) is 9.90 Å². The largest absolute Gasteiger partial charge is 0.481 e. The van der Waals surface area contributed by atoms with Gasteiger partial charge in [0.25, 0.3) is 0 Å². The number of aromatic nitrogens is 3. The van der Waals surface area contributed by atoms with Crippen molar-refractivity contribution in [2.75, 3.05) is 6.61 Å². The van der Waals surface area contributed by atoms with Gasteiger partial charge >= 0.3 is 5.97 Å². The Labute approximate surface area is 178 Å². The maximum atomic E-state index is 11.3. The minimum absolute atomic E-state index is 0.0449. The number of aliphatic carboxylic acids is 1. The molecular weight excluding hydrogens is 434 g/mol. The fraction of sp³-hybridized carbons (Fsp3) is 0.409. The molecule has 0 spiro atoms. The maximum Gasteiger partial charge on any atom is 0.303 e. The summed E-state index contributed by atoms with van der Waals surface area (Å²) in [5.74, 6) is -0.162. The molecule has 29 heavy (non-hydrogen) atoms. The molecule has 1 fully saturated rings. The van der Waals surface area contributed by atoms with Gasteiger partial charge in [-0.25, -0.2) is 4.52 Å². The third kappa shape index (κ3) is 4.51. The van der Waals surface area contributed by atoms with Gasteiger partial charge in [-0.2, -0.15) is 5.10 Å². The molecule has 3 aromatic heterocycles. The molecule has 0 bridgehead atoms. The predicted molar refractivity (Wildman–Crippen MR) is 114 cm³/mol. The summed E-state index contributed by atoms with van der Waals surface area (Å²) in [7, 11) is 0. The Morgan fingerprint density at radius 1 is 1.34 bits per heavy atom. The molecule has 1 saturated carbocycles. The number of carboxylic acid groups (broad SMARTS) is 1. The van der Waals surface area contributed by atoms with Crippen molar-refractivity contribution in [1.29, 1.82) is 0 Å². The number of carbonyl (C=O) groups is 1. The Morgan fingerprint density at radius 3 is 2.86 bits per heavy atom. The van der Waals surface area contributed by atoms with Gasteiger partial charge in [-0.05, 0) is 71.3 Å². The van der Waals surface area contributed by atoms with Gasteiger partial charge in [0.1, 0.15) is 0 Å². The maximum absolute atomic E-state index is 11.3. The van der Waals surface area contributed by atoms with Gasteiger partial charge in [0.15, 0.2) is 0 Å². The molecule has 3 aromatic rings. The monoisotopic (exact) mass is 457 g/mol. The lowest BCUT2D eigenvalue weighted by Crippen LogP contribution is -2.12. The zero-order valence-electron chi connectivity index (χ0n) is 16.4. The van der Waals surface area contributed by atoms with E-state index in [0.29, 0.717) is 18.9 Å². The first-order valence-electron chi connectivity index (χ1n) is 9.99. The highest BCUT2D eigenvalue weighted by Crippen LogP contribution is 2.34. The number of nitrogens with zero attached hydrogens (tertiary/aromatic N) is 3. The van der Waals surface area contributed by atoms with Crippen LogP contribution in [0.2, 0.25) is 0 Å². The van der Waals surface area contributed by atoms with E-state index in [2.05, 4.69) is 40.0 Å². The quantitative estimate of drug-likeness (QED) is 0.505. The van der Waals surface area contributed by atoms with Crippen LogP contribution in [0.25, 0.3) is 16.6 Å². The number of rotatable bonds is 9. The van der Waals surface area contributed by atoms with Crippen LogP contribution in [0.1, 0.15) is 43.1 Å². The van der Waals surface area contributed by atoms with Crippen LogP contribution >= 0.6 is 15.9 Å². The topological polar surface area (TPSA) is 76.7 Å². The van der Waals surface area contributed by atoms with Crippen LogP contribution in [-0.2, 0) is 29.0 Å². The Hall–Kier alpha value is -2.25. The summed E-state index contributed by atoms with van der Waals surface area (Å²) >= 11 is 3.51. The third-order valence-corrected chi connectivity index (χ3v) is 5.73. The van der Waals surface area contributed by atoms with Crippen LogP contribution in [0.5, 0.6) is 0 Å². The molecule has 6 nitrogen and oxygen atoms in total. The Balaban J connectivity index is 1.87. The van der Waals surface area contributed by atoms with E-state index >= 15 is 0 Å². The first kappa shape index (κ1) is 20.0. The molecule has 4 rings (SSSR count). The third-order valence-electron chi connectivity index (χ3n) is 5.29. The number of hydrogen-bond acceptors (Lipinski definition) is 4. The molecule has 0 radical (unpaired) electrons. The highest BCUT2D eigenvalue weighted by molar-refractivity contribution is 9.10. The van der Waals surface area contributed by atoms with Gasteiger partial charge in [0.05, 0.1) is 17.8 Å². The molecule has 0 unspecified atom stereocenters. The first-order valence-corrected chi connectivity index (χ1v) is 10.8. The molecule has 1 aliphatic carbocycles. The van der Waals surface area contributed by atoms with Crippen molar-refractivity contribution < 1.29 is 14.6 Å².